The van der Waals surface area contributed by atoms with Gasteiger partial charge in [-0.05, 0) is 45.4 Å². The van der Waals surface area contributed by atoms with Crippen molar-refractivity contribution in [3.05, 3.63) is 11.6 Å². The van der Waals surface area contributed by atoms with Crippen LogP contribution in [-0.4, -0.2) is 42.9 Å². The minimum Gasteiger partial charge on any atom is -0.373 e. The lowest BCUT2D eigenvalue weighted by Gasteiger charge is -2.37. The Hall–Kier alpha value is -0.710. The van der Waals surface area contributed by atoms with Crippen LogP contribution in [0.15, 0.2) is 11.6 Å². The Labute approximate surface area is 132 Å². The van der Waals surface area contributed by atoms with Crippen molar-refractivity contribution < 1.29 is 19.0 Å². The van der Waals surface area contributed by atoms with Gasteiger partial charge in [0, 0.05) is 13.5 Å². The van der Waals surface area contributed by atoms with E-state index in [1.165, 1.54) is 25.7 Å². The molecule has 0 aromatic heterocycles. The smallest absolute Gasteiger partial charge is 0.162 e. The number of ketones is 1. The second-order valence-electron chi connectivity index (χ2n) is 7.55. The van der Waals surface area contributed by atoms with Gasteiger partial charge in [-0.2, -0.15) is 0 Å². The lowest BCUT2D eigenvalue weighted by molar-refractivity contribution is -0.142. The Morgan fingerprint density at radius 2 is 2.05 bits per heavy atom. The molecule has 4 rings (SSSR count). The maximum atomic E-state index is 12.3. The highest BCUT2D eigenvalue weighted by molar-refractivity contribution is 5.85. The number of ether oxygens (including phenoxy) is 3. The lowest BCUT2D eigenvalue weighted by atomic mass is 9.69. The van der Waals surface area contributed by atoms with Crippen LogP contribution in [-0.2, 0) is 19.0 Å². The van der Waals surface area contributed by atoms with Gasteiger partial charge < -0.3 is 14.2 Å². The van der Waals surface area contributed by atoms with E-state index in [4.69, 9.17) is 14.2 Å². The van der Waals surface area contributed by atoms with E-state index in [-0.39, 0.29) is 35.1 Å². The van der Waals surface area contributed by atoms with Crippen LogP contribution >= 0.6 is 0 Å². The molecule has 2 aliphatic carbocycles. The number of methoxy groups -OCH3 is 1. The maximum Gasteiger partial charge on any atom is 0.162 e. The molecule has 2 saturated heterocycles. The van der Waals surface area contributed by atoms with Gasteiger partial charge in [-0.3, -0.25) is 4.79 Å². The summed E-state index contributed by atoms with van der Waals surface area (Å²) in [7, 11) is 1.64. The third-order valence-corrected chi connectivity index (χ3v) is 6.21. The summed E-state index contributed by atoms with van der Waals surface area (Å²) in [5.41, 5.74) is 1.14. The summed E-state index contributed by atoms with van der Waals surface area (Å²) in [5, 5.41) is 0. The molecule has 4 fully saturated rings. The van der Waals surface area contributed by atoms with Crippen molar-refractivity contribution in [2.24, 2.45) is 5.92 Å². The molecule has 0 unspecified atom stereocenters. The first-order valence-electron chi connectivity index (χ1n) is 8.64. The van der Waals surface area contributed by atoms with Gasteiger partial charge in [0.1, 0.15) is 17.3 Å². The van der Waals surface area contributed by atoms with Crippen LogP contribution in [0.4, 0.5) is 0 Å². The zero-order valence-corrected chi connectivity index (χ0v) is 13.6. The number of allylic oxidation sites excluding steroid dienone is 1. The molecule has 0 radical (unpaired) electrons. The van der Waals surface area contributed by atoms with Gasteiger partial charge >= 0.3 is 0 Å². The van der Waals surface area contributed by atoms with E-state index in [1.54, 1.807) is 12.7 Å². The monoisotopic (exact) mass is 306 g/mol. The Bertz CT molecular complexity index is 499. The molecule has 2 aliphatic heterocycles. The molecule has 2 saturated carbocycles. The first-order chi connectivity index (χ1) is 10.6. The fraction of sp³-hybridized carbons (Fsp3) is 0.833. The van der Waals surface area contributed by atoms with Crippen LogP contribution in [0.1, 0.15) is 51.9 Å². The van der Waals surface area contributed by atoms with Gasteiger partial charge in [-0.1, -0.05) is 11.6 Å². The van der Waals surface area contributed by atoms with Gasteiger partial charge in [-0.25, -0.2) is 0 Å². The van der Waals surface area contributed by atoms with Crippen molar-refractivity contribution in [1.29, 1.82) is 0 Å². The fourth-order valence-electron chi connectivity index (χ4n) is 4.74. The normalized spacial score (nSPS) is 47.1. The number of rotatable bonds is 4. The highest BCUT2D eigenvalue weighted by Gasteiger charge is 2.71. The summed E-state index contributed by atoms with van der Waals surface area (Å²) in [4.78, 5) is 12.3. The van der Waals surface area contributed by atoms with Crippen molar-refractivity contribution in [3.63, 3.8) is 0 Å². The van der Waals surface area contributed by atoms with Crippen LogP contribution in [0.2, 0.25) is 0 Å². The first kappa shape index (κ1) is 14.9. The van der Waals surface area contributed by atoms with Crippen LogP contribution < -0.4 is 0 Å². The molecule has 2 heterocycles. The summed E-state index contributed by atoms with van der Waals surface area (Å²) in [6, 6.07) is 0. The molecule has 5 atom stereocenters. The van der Waals surface area contributed by atoms with Gasteiger partial charge in [0.25, 0.3) is 0 Å². The second kappa shape index (κ2) is 5.15. The minimum absolute atomic E-state index is 0.0400. The quantitative estimate of drug-likeness (QED) is 0.592. The summed E-state index contributed by atoms with van der Waals surface area (Å²) < 4.78 is 17.5. The van der Waals surface area contributed by atoms with E-state index >= 15 is 0 Å². The van der Waals surface area contributed by atoms with Crippen LogP contribution in [0, 0.1) is 5.92 Å². The van der Waals surface area contributed by atoms with Gasteiger partial charge in [-0.15, -0.1) is 0 Å². The van der Waals surface area contributed by atoms with E-state index in [1.807, 2.05) is 0 Å². The third kappa shape index (κ3) is 2.27. The molecule has 1 spiro atoms. The molecule has 4 nitrogen and oxygen atoms in total. The predicted molar refractivity (Wildman–Crippen MR) is 81.7 cm³/mol. The fourth-order valence-corrected chi connectivity index (χ4v) is 4.74. The van der Waals surface area contributed by atoms with Crippen molar-refractivity contribution in [2.75, 3.05) is 13.7 Å². The first-order valence-corrected chi connectivity index (χ1v) is 8.64. The zero-order chi connectivity index (χ0) is 15.4. The number of carbonyl (C=O) groups is 1. The molecule has 0 bridgehead atoms. The summed E-state index contributed by atoms with van der Waals surface area (Å²) in [6.45, 7) is 2.89. The van der Waals surface area contributed by atoms with Crippen molar-refractivity contribution >= 4 is 5.78 Å². The molecule has 4 heteroatoms. The van der Waals surface area contributed by atoms with Crippen molar-refractivity contribution in [3.8, 4) is 0 Å². The average molecular weight is 306 g/mol. The Morgan fingerprint density at radius 3 is 2.68 bits per heavy atom. The number of Topliss-reactive ketones (excluding diaryl/α,β-unsaturated/α-hetero) is 1. The number of carbonyl (C=O) groups excluding carboxylic acids is 1. The van der Waals surface area contributed by atoms with Gasteiger partial charge in [0.2, 0.25) is 0 Å². The molecule has 4 aliphatic rings. The van der Waals surface area contributed by atoms with Crippen LogP contribution in [0.3, 0.4) is 0 Å². The highest BCUT2D eigenvalue weighted by atomic mass is 16.6. The summed E-state index contributed by atoms with van der Waals surface area (Å²) in [6.07, 6.45) is 9.71. The van der Waals surface area contributed by atoms with E-state index in [0.717, 1.165) is 19.4 Å². The van der Waals surface area contributed by atoms with E-state index in [2.05, 4.69) is 13.0 Å². The van der Waals surface area contributed by atoms with E-state index < -0.39 is 0 Å². The largest absolute Gasteiger partial charge is 0.373 e. The molecular formula is C18H26O4. The molecule has 122 valence electrons. The molecule has 0 amide bonds. The molecule has 22 heavy (non-hydrogen) atoms. The standard InChI is InChI=1S/C18H26O4/c1-17(14(22-17)8-7-12-5-3-4-6-12)16-15(20-2)13(19)9-10-18(16)11-21-18/h7,14-16H,3-6,8-11H2,1-2H3/t14-,15-,16-,17+,18+/m1/s1. The molecule has 0 aromatic rings. The Balaban J connectivity index is 1.50. The van der Waals surface area contributed by atoms with E-state index in [0.29, 0.717) is 6.42 Å². The number of epoxide rings is 2. The van der Waals surface area contributed by atoms with Crippen molar-refractivity contribution in [2.45, 2.75) is 75.3 Å². The number of hydrogen-bond acceptors (Lipinski definition) is 4. The summed E-state index contributed by atoms with van der Waals surface area (Å²) >= 11 is 0. The van der Waals surface area contributed by atoms with Crippen LogP contribution in [0.5, 0.6) is 0 Å². The van der Waals surface area contributed by atoms with Crippen LogP contribution in [0.25, 0.3) is 0 Å². The maximum absolute atomic E-state index is 12.3. The predicted octanol–water partition coefficient (Wildman–Crippen LogP) is 2.80. The SMILES string of the molecule is CO[C@@H]1C(=O)CC[C@]2(CO2)[C@H]1[C@@]1(C)O[C@@H]1CC=C1CCCC1. The van der Waals surface area contributed by atoms with Gasteiger partial charge in [0.05, 0.1) is 18.6 Å². The topological polar surface area (TPSA) is 51.4 Å². The second-order valence-corrected chi connectivity index (χ2v) is 7.55. The summed E-state index contributed by atoms with van der Waals surface area (Å²) in [5.74, 6) is 0.247. The molecule has 0 N–H and O–H groups in total. The average Bonchev–Trinajstić information content (AvgIpc) is 3.35. The highest BCUT2D eigenvalue weighted by Crippen LogP contribution is 2.58. The lowest BCUT2D eigenvalue weighted by Crippen LogP contribution is -2.52. The molecular weight excluding hydrogens is 280 g/mol. The molecule has 0 aromatic carbocycles. The third-order valence-electron chi connectivity index (χ3n) is 6.21. The van der Waals surface area contributed by atoms with Crippen molar-refractivity contribution in [1.82, 2.24) is 0 Å². The number of hydrogen-bond donors (Lipinski definition) is 0. The zero-order valence-electron chi connectivity index (χ0n) is 13.6. The minimum atomic E-state index is -0.370. The van der Waals surface area contributed by atoms with E-state index in [9.17, 15) is 4.79 Å². The van der Waals surface area contributed by atoms with Gasteiger partial charge in [0.15, 0.2) is 5.78 Å². The Kier molecular flexibility index (Phi) is 3.48. The Morgan fingerprint density at radius 1 is 1.32 bits per heavy atom.